The highest BCUT2D eigenvalue weighted by Crippen LogP contribution is 2.70. The highest BCUT2D eigenvalue weighted by atomic mass is 19.1. The Bertz CT molecular complexity index is 1610. The number of carbonyl (C=O) groups is 5. The summed E-state index contributed by atoms with van der Waals surface area (Å²) in [5, 5.41) is 54.2. The Morgan fingerprint density at radius 1 is 1.04 bits per heavy atom. The number of aliphatic hydroxyl groups is 4. The van der Waals surface area contributed by atoms with E-state index < -0.39 is 106 Å². The largest absolute Gasteiger partial charge is 0.392 e. The molecule has 8 N–H and O–H groups in total. The number of ketones is 1. The Kier molecular flexibility index (Phi) is 12.4. The van der Waals surface area contributed by atoms with Gasteiger partial charge in [-0.2, -0.15) is 5.10 Å². The van der Waals surface area contributed by atoms with Crippen LogP contribution in [-0.4, -0.2) is 105 Å². The number of nitrogens with one attached hydrogen (secondary N) is 4. The molecular weight excluding hydrogens is 701 g/mol. The van der Waals surface area contributed by atoms with Gasteiger partial charge >= 0.3 is 0 Å². The van der Waals surface area contributed by atoms with Crippen LogP contribution in [0.15, 0.2) is 28.9 Å². The van der Waals surface area contributed by atoms with E-state index in [0.29, 0.717) is 37.0 Å². The molecule has 0 saturated heterocycles. The summed E-state index contributed by atoms with van der Waals surface area (Å²) in [6, 6.07) is 0. The molecule has 15 heteroatoms. The van der Waals surface area contributed by atoms with Crippen LogP contribution in [0.5, 0.6) is 0 Å². The average Bonchev–Trinajstić information content (AvgIpc) is 3.31. The minimum Gasteiger partial charge on any atom is -0.392 e. The first-order chi connectivity index (χ1) is 25.0. The van der Waals surface area contributed by atoms with Crippen molar-refractivity contribution in [1.29, 1.82) is 0 Å². The Labute approximate surface area is 316 Å². The van der Waals surface area contributed by atoms with Gasteiger partial charge in [0.15, 0.2) is 11.5 Å². The second kappa shape index (κ2) is 15.5. The van der Waals surface area contributed by atoms with E-state index in [4.69, 9.17) is 0 Å². The minimum atomic E-state index is -2.11. The lowest BCUT2D eigenvalue weighted by Crippen LogP contribution is -2.69. The van der Waals surface area contributed by atoms with Gasteiger partial charge in [-0.1, -0.05) is 53.2 Å². The third-order valence-electron chi connectivity index (χ3n) is 13.3. The summed E-state index contributed by atoms with van der Waals surface area (Å²) in [6.45, 7) is 12.1. The van der Waals surface area contributed by atoms with E-state index in [1.807, 2.05) is 6.92 Å². The number of hydrogen-bond donors (Lipinski definition) is 8. The molecule has 10 unspecified atom stereocenters. The summed E-state index contributed by atoms with van der Waals surface area (Å²) in [6.07, 6.45) is 4.34. The van der Waals surface area contributed by atoms with Crippen molar-refractivity contribution < 1.29 is 48.8 Å². The van der Waals surface area contributed by atoms with E-state index in [-0.39, 0.29) is 25.3 Å². The van der Waals surface area contributed by atoms with Crippen molar-refractivity contribution in [2.24, 2.45) is 44.5 Å². The van der Waals surface area contributed by atoms with Crippen molar-refractivity contribution in [1.82, 2.24) is 21.4 Å². The zero-order valence-corrected chi connectivity index (χ0v) is 32.8. The lowest BCUT2D eigenvalue weighted by Gasteiger charge is -2.62. The lowest BCUT2D eigenvalue weighted by molar-refractivity contribution is -0.219. The summed E-state index contributed by atoms with van der Waals surface area (Å²) < 4.78 is 17.6. The molecule has 0 spiro atoms. The second-order valence-electron chi connectivity index (χ2n) is 17.4. The van der Waals surface area contributed by atoms with Gasteiger partial charge in [0.2, 0.25) is 17.7 Å². The van der Waals surface area contributed by atoms with Gasteiger partial charge in [-0.25, -0.2) is 9.82 Å². The maximum absolute atomic E-state index is 17.6. The van der Waals surface area contributed by atoms with Crippen molar-refractivity contribution in [3.63, 3.8) is 0 Å². The Morgan fingerprint density at radius 2 is 1.69 bits per heavy atom. The van der Waals surface area contributed by atoms with Crippen LogP contribution >= 0.6 is 0 Å². The van der Waals surface area contributed by atoms with Crippen molar-refractivity contribution in [2.75, 3.05) is 26.2 Å². The number of hydrogen-bond acceptors (Lipinski definition) is 10. The van der Waals surface area contributed by atoms with E-state index in [0.717, 1.165) is 0 Å². The highest BCUT2D eigenvalue weighted by molar-refractivity contribution is 6.06. The summed E-state index contributed by atoms with van der Waals surface area (Å²) in [5.74, 6) is -4.30. The van der Waals surface area contributed by atoms with E-state index in [1.54, 1.807) is 66.7 Å². The van der Waals surface area contributed by atoms with Crippen LogP contribution in [0.25, 0.3) is 0 Å². The van der Waals surface area contributed by atoms with Gasteiger partial charge in [-0.3, -0.25) is 24.0 Å². The summed E-state index contributed by atoms with van der Waals surface area (Å²) >= 11 is 0. The smallest absolute Gasteiger partial charge is 0.259 e. The van der Waals surface area contributed by atoms with Gasteiger partial charge < -0.3 is 36.4 Å². The molecule has 4 amide bonds. The van der Waals surface area contributed by atoms with Crippen molar-refractivity contribution >= 4 is 35.1 Å². The summed E-state index contributed by atoms with van der Waals surface area (Å²) in [4.78, 5) is 63.7. The first-order valence-corrected chi connectivity index (χ1v) is 19.0. The lowest BCUT2D eigenvalue weighted by atomic mass is 9.44. The van der Waals surface area contributed by atoms with E-state index in [2.05, 4.69) is 26.5 Å². The Hall–Kier alpha value is -3.53. The Balaban J connectivity index is 1.33. The van der Waals surface area contributed by atoms with E-state index in [9.17, 15) is 44.4 Å². The average molecular weight is 762 g/mol. The molecule has 3 saturated carbocycles. The van der Waals surface area contributed by atoms with Gasteiger partial charge in [-0.05, 0) is 76.4 Å². The fourth-order valence-electron chi connectivity index (χ4n) is 10.0. The molecule has 0 aromatic rings. The number of carbonyl (C=O) groups excluding carboxylic acids is 5. The molecule has 54 heavy (non-hydrogen) atoms. The monoisotopic (exact) mass is 761 g/mol. The summed E-state index contributed by atoms with van der Waals surface area (Å²) in [7, 11) is 0. The molecule has 14 nitrogen and oxygen atoms in total. The molecule has 10 atom stereocenters. The molecule has 0 radical (unpaired) electrons. The van der Waals surface area contributed by atoms with Gasteiger partial charge in [0.05, 0.1) is 31.0 Å². The van der Waals surface area contributed by atoms with Crippen molar-refractivity contribution in [3.05, 3.63) is 23.8 Å². The molecule has 0 heterocycles. The third-order valence-corrected chi connectivity index (χ3v) is 13.3. The zero-order valence-electron chi connectivity index (χ0n) is 32.8. The first-order valence-electron chi connectivity index (χ1n) is 19.0. The van der Waals surface area contributed by atoms with Gasteiger partial charge in [0.25, 0.3) is 5.91 Å². The molecule has 0 aromatic carbocycles. The van der Waals surface area contributed by atoms with E-state index >= 15 is 4.39 Å². The molecule has 4 aliphatic rings. The number of halogens is 1. The number of Topliss-reactive ketones (excluding diaryl/α,β-unsaturated/α-hetero) is 1. The molecule has 0 bridgehead atoms. The van der Waals surface area contributed by atoms with Gasteiger partial charge in [0.1, 0.15) is 12.2 Å². The zero-order chi connectivity index (χ0) is 40.7. The standard InChI is InChI=1S/C39H60FN5O9/c1-9-35(6,33(53)42-17-23(3)47)21-34(4,5)32(52)43-18-30(50)41-19-31(51)45-44-25-12-13-36(7)24(15-25)10-11-26-27-14-22(2)39(54,29(49)20-46)37(27,8)16-28(48)38(26,36)40/h12-13,15,22-23,26-28,46-48,54H,9-11,14,16-21H2,1-8H3,(H,41,50)(H,42,53)(H,43,52)(H,45,51). The number of nitrogens with zero attached hydrogens (tertiary/aromatic N) is 1. The molecular formula is C39H60FN5O9. The number of hydrazone groups is 1. The maximum Gasteiger partial charge on any atom is 0.259 e. The van der Waals surface area contributed by atoms with Crippen LogP contribution in [0.3, 0.4) is 0 Å². The maximum atomic E-state index is 17.6. The van der Waals surface area contributed by atoms with Crippen LogP contribution in [0, 0.1) is 39.4 Å². The number of alkyl halides is 1. The quantitative estimate of drug-likeness (QED) is 0.120. The fourth-order valence-corrected chi connectivity index (χ4v) is 10.0. The minimum absolute atomic E-state index is 0.0897. The second-order valence-corrected chi connectivity index (χ2v) is 17.4. The van der Waals surface area contributed by atoms with Crippen LogP contribution in [0.4, 0.5) is 4.39 Å². The number of fused-ring (bicyclic) bond motifs is 5. The molecule has 3 fully saturated rings. The third kappa shape index (κ3) is 7.40. The van der Waals surface area contributed by atoms with Crippen molar-refractivity contribution in [3.8, 4) is 0 Å². The van der Waals surface area contributed by atoms with Crippen LogP contribution in [0.1, 0.15) is 93.9 Å². The fraction of sp³-hybridized carbons (Fsp3) is 0.744. The number of rotatable bonds is 14. The number of amides is 4. The molecule has 4 aliphatic carbocycles. The summed E-state index contributed by atoms with van der Waals surface area (Å²) in [5.41, 5.74) is -4.85. The van der Waals surface area contributed by atoms with Gasteiger partial charge in [0, 0.05) is 34.1 Å². The van der Waals surface area contributed by atoms with E-state index in [1.165, 1.54) is 0 Å². The predicted molar refractivity (Wildman–Crippen MR) is 198 cm³/mol. The predicted octanol–water partition coefficient (Wildman–Crippen LogP) is 1.36. The topological polar surface area (TPSA) is 227 Å². The molecule has 0 aliphatic heterocycles. The Morgan fingerprint density at radius 3 is 2.30 bits per heavy atom. The molecule has 302 valence electrons. The molecule has 0 aromatic heterocycles. The first kappa shape index (κ1) is 43.2. The molecule has 4 rings (SSSR count). The van der Waals surface area contributed by atoms with Crippen molar-refractivity contribution in [2.45, 2.75) is 117 Å². The normalized spacial score (nSPS) is 35.4. The number of allylic oxidation sites excluding steroid dienone is 4. The van der Waals surface area contributed by atoms with Crippen LogP contribution in [-0.2, 0) is 24.0 Å². The van der Waals surface area contributed by atoms with Crippen LogP contribution < -0.4 is 21.4 Å². The number of aliphatic hydroxyl groups excluding tert-OH is 3. The highest BCUT2D eigenvalue weighted by Gasteiger charge is 2.75. The van der Waals surface area contributed by atoms with Crippen LogP contribution in [0.2, 0.25) is 0 Å². The SMILES string of the molecule is CCC(C)(CC(C)(C)C(=O)NCC(=O)NCC(=O)NN=C1C=CC2(C)C(=C1)CCC1C3CC(C)C(O)(C(=O)CO)C3(C)CC(O)C12F)C(=O)NCC(C)O. The van der Waals surface area contributed by atoms with Gasteiger partial charge in [-0.15, -0.1) is 0 Å².